The molecule has 4 nitrogen and oxygen atoms in total. The molecule has 3 rings (SSSR count). The standard InChI is InChI=1S/C14H14FN3O/c1-9-7-13(17-8-16-9)18-12-5-6-19-14-10(12)3-2-4-11(14)15/h2-4,7-8,12H,5-6H2,1H3,(H,16,17,18)/t12-/m0/s1. The summed E-state index contributed by atoms with van der Waals surface area (Å²) in [6.45, 7) is 2.40. The highest BCUT2D eigenvalue weighted by atomic mass is 19.1. The van der Waals surface area contributed by atoms with Crippen LogP contribution in [0.5, 0.6) is 5.75 Å². The molecule has 0 saturated carbocycles. The molecule has 1 aliphatic rings. The smallest absolute Gasteiger partial charge is 0.165 e. The van der Waals surface area contributed by atoms with Crippen LogP contribution in [0.15, 0.2) is 30.6 Å². The monoisotopic (exact) mass is 259 g/mol. The Morgan fingerprint density at radius 2 is 2.26 bits per heavy atom. The van der Waals surface area contributed by atoms with Gasteiger partial charge in [-0.2, -0.15) is 0 Å². The van der Waals surface area contributed by atoms with Crippen molar-refractivity contribution in [3.8, 4) is 5.75 Å². The zero-order valence-electron chi connectivity index (χ0n) is 10.6. The first-order chi connectivity index (χ1) is 9.24. The number of aryl methyl sites for hydroxylation is 1. The molecule has 1 aliphatic heterocycles. The summed E-state index contributed by atoms with van der Waals surface area (Å²) in [5, 5.41) is 3.31. The number of para-hydroxylation sites is 1. The highest BCUT2D eigenvalue weighted by Gasteiger charge is 2.24. The zero-order chi connectivity index (χ0) is 13.2. The molecule has 1 aromatic heterocycles. The van der Waals surface area contributed by atoms with E-state index in [1.165, 1.54) is 12.4 Å². The van der Waals surface area contributed by atoms with Gasteiger partial charge >= 0.3 is 0 Å². The van der Waals surface area contributed by atoms with E-state index in [-0.39, 0.29) is 11.9 Å². The summed E-state index contributed by atoms with van der Waals surface area (Å²) in [5.41, 5.74) is 1.73. The Morgan fingerprint density at radius 3 is 3.11 bits per heavy atom. The van der Waals surface area contributed by atoms with Crippen molar-refractivity contribution in [2.45, 2.75) is 19.4 Å². The lowest BCUT2D eigenvalue weighted by Gasteiger charge is -2.27. The maximum absolute atomic E-state index is 13.7. The normalized spacial score (nSPS) is 17.5. The van der Waals surface area contributed by atoms with Crippen molar-refractivity contribution in [3.05, 3.63) is 47.7 Å². The van der Waals surface area contributed by atoms with E-state index in [9.17, 15) is 4.39 Å². The lowest BCUT2D eigenvalue weighted by atomic mass is 10.0. The van der Waals surface area contributed by atoms with Crippen LogP contribution in [0.2, 0.25) is 0 Å². The zero-order valence-corrected chi connectivity index (χ0v) is 10.6. The number of nitrogens with zero attached hydrogens (tertiary/aromatic N) is 2. The first-order valence-electron chi connectivity index (χ1n) is 6.20. The van der Waals surface area contributed by atoms with Crippen LogP contribution in [0.25, 0.3) is 0 Å². The third-order valence-corrected chi connectivity index (χ3v) is 3.15. The lowest BCUT2D eigenvalue weighted by Crippen LogP contribution is -2.21. The van der Waals surface area contributed by atoms with Crippen molar-refractivity contribution in [2.24, 2.45) is 0 Å². The van der Waals surface area contributed by atoms with Gasteiger partial charge in [-0.1, -0.05) is 12.1 Å². The summed E-state index contributed by atoms with van der Waals surface area (Å²) in [5.74, 6) is 0.773. The minimum absolute atomic E-state index is 0.00810. The maximum Gasteiger partial charge on any atom is 0.165 e. The van der Waals surface area contributed by atoms with E-state index in [1.54, 1.807) is 6.07 Å². The van der Waals surface area contributed by atoms with Gasteiger partial charge in [0.25, 0.3) is 0 Å². The number of nitrogens with one attached hydrogen (secondary N) is 1. The SMILES string of the molecule is Cc1cc(N[C@H]2CCOc3c(F)cccc32)ncn1. The van der Waals surface area contributed by atoms with E-state index in [0.29, 0.717) is 12.4 Å². The number of halogens is 1. The van der Waals surface area contributed by atoms with Gasteiger partial charge in [0.15, 0.2) is 11.6 Å². The summed E-state index contributed by atoms with van der Waals surface area (Å²) in [6, 6.07) is 6.87. The molecule has 0 bridgehead atoms. The molecule has 5 heteroatoms. The van der Waals surface area contributed by atoms with Crippen molar-refractivity contribution in [1.29, 1.82) is 0 Å². The lowest BCUT2D eigenvalue weighted by molar-refractivity contribution is 0.260. The molecule has 2 heterocycles. The number of aromatic nitrogens is 2. The molecule has 0 fully saturated rings. The second-order valence-corrected chi connectivity index (χ2v) is 4.54. The molecule has 19 heavy (non-hydrogen) atoms. The quantitative estimate of drug-likeness (QED) is 0.900. The van der Waals surface area contributed by atoms with Crippen LogP contribution in [-0.2, 0) is 0 Å². The van der Waals surface area contributed by atoms with Crippen LogP contribution in [0.1, 0.15) is 23.7 Å². The van der Waals surface area contributed by atoms with Crippen molar-refractivity contribution in [1.82, 2.24) is 9.97 Å². The van der Waals surface area contributed by atoms with Crippen molar-refractivity contribution in [3.63, 3.8) is 0 Å². The van der Waals surface area contributed by atoms with Gasteiger partial charge in [0.05, 0.1) is 12.6 Å². The van der Waals surface area contributed by atoms with Crippen LogP contribution >= 0.6 is 0 Å². The predicted molar refractivity (Wildman–Crippen MR) is 69.6 cm³/mol. The van der Waals surface area contributed by atoms with Crippen LogP contribution in [0.4, 0.5) is 10.2 Å². The highest BCUT2D eigenvalue weighted by Crippen LogP contribution is 2.35. The van der Waals surface area contributed by atoms with Gasteiger partial charge in [0, 0.05) is 23.7 Å². The molecule has 1 N–H and O–H groups in total. The predicted octanol–water partition coefficient (Wildman–Crippen LogP) is 2.86. The van der Waals surface area contributed by atoms with Gasteiger partial charge < -0.3 is 10.1 Å². The first kappa shape index (κ1) is 11.9. The molecular weight excluding hydrogens is 245 g/mol. The topological polar surface area (TPSA) is 47.0 Å². The Kier molecular flexibility index (Phi) is 3.03. The van der Waals surface area contributed by atoms with E-state index < -0.39 is 0 Å². The summed E-state index contributed by atoms with van der Waals surface area (Å²) in [7, 11) is 0. The fourth-order valence-electron chi connectivity index (χ4n) is 2.25. The molecule has 0 saturated heterocycles. The number of fused-ring (bicyclic) bond motifs is 1. The van der Waals surface area contributed by atoms with E-state index in [4.69, 9.17) is 4.74 Å². The number of hydrogen-bond donors (Lipinski definition) is 1. The minimum Gasteiger partial charge on any atom is -0.490 e. The summed E-state index contributed by atoms with van der Waals surface area (Å²) < 4.78 is 19.1. The van der Waals surface area contributed by atoms with E-state index in [1.807, 2.05) is 19.1 Å². The van der Waals surface area contributed by atoms with Gasteiger partial charge in [-0.05, 0) is 13.0 Å². The molecule has 0 spiro atoms. The van der Waals surface area contributed by atoms with E-state index >= 15 is 0 Å². The number of benzene rings is 1. The average molecular weight is 259 g/mol. The Labute approximate surface area is 110 Å². The fourth-order valence-corrected chi connectivity index (χ4v) is 2.25. The Hall–Kier alpha value is -2.17. The van der Waals surface area contributed by atoms with Gasteiger partial charge in [-0.25, -0.2) is 14.4 Å². The summed E-state index contributed by atoms with van der Waals surface area (Å²) in [6.07, 6.45) is 2.29. The van der Waals surface area contributed by atoms with Crippen LogP contribution in [0, 0.1) is 12.7 Å². The first-order valence-corrected chi connectivity index (χ1v) is 6.20. The van der Waals surface area contributed by atoms with Gasteiger partial charge in [0.1, 0.15) is 12.1 Å². The van der Waals surface area contributed by atoms with Crippen LogP contribution in [0.3, 0.4) is 0 Å². The summed E-state index contributed by atoms with van der Waals surface area (Å²) in [4.78, 5) is 8.23. The molecule has 0 amide bonds. The second kappa shape index (κ2) is 4.84. The second-order valence-electron chi connectivity index (χ2n) is 4.54. The number of ether oxygens (including phenoxy) is 1. The third kappa shape index (κ3) is 2.36. The summed E-state index contributed by atoms with van der Waals surface area (Å²) >= 11 is 0. The largest absolute Gasteiger partial charge is 0.490 e. The fraction of sp³-hybridized carbons (Fsp3) is 0.286. The molecule has 0 unspecified atom stereocenters. The van der Waals surface area contributed by atoms with E-state index in [2.05, 4.69) is 15.3 Å². The van der Waals surface area contributed by atoms with Gasteiger partial charge in [0.2, 0.25) is 0 Å². The molecule has 0 radical (unpaired) electrons. The Bertz CT molecular complexity index is 603. The molecule has 98 valence electrons. The maximum atomic E-state index is 13.7. The van der Waals surface area contributed by atoms with Crippen LogP contribution < -0.4 is 10.1 Å². The molecular formula is C14H14FN3O. The Morgan fingerprint density at radius 1 is 1.37 bits per heavy atom. The number of hydrogen-bond acceptors (Lipinski definition) is 4. The molecule has 1 atom stereocenters. The molecule has 0 aliphatic carbocycles. The number of anilines is 1. The van der Waals surface area contributed by atoms with Gasteiger partial charge in [-0.15, -0.1) is 0 Å². The van der Waals surface area contributed by atoms with E-state index in [0.717, 1.165) is 23.5 Å². The van der Waals surface area contributed by atoms with Crippen molar-refractivity contribution < 1.29 is 9.13 Å². The average Bonchev–Trinajstić information content (AvgIpc) is 2.40. The van der Waals surface area contributed by atoms with Gasteiger partial charge in [-0.3, -0.25) is 0 Å². The minimum atomic E-state index is -0.317. The number of rotatable bonds is 2. The highest BCUT2D eigenvalue weighted by molar-refractivity contribution is 5.45. The third-order valence-electron chi connectivity index (χ3n) is 3.15. The van der Waals surface area contributed by atoms with Crippen molar-refractivity contribution in [2.75, 3.05) is 11.9 Å². The Balaban J connectivity index is 1.90. The van der Waals surface area contributed by atoms with Crippen LogP contribution in [-0.4, -0.2) is 16.6 Å². The molecule has 2 aromatic rings. The van der Waals surface area contributed by atoms with Crippen molar-refractivity contribution >= 4 is 5.82 Å². The molecule has 1 aromatic carbocycles.